The monoisotopic (exact) mass is 328 g/mol. The number of hydrogen-bond donors (Lipinski definition) is 3. The van der Waals surface area contributed by atoms with Gasteiger partial charge in [-0.1, -0.05) is 12.1 Å². The van der Waals surface area contributed by atoms with Gasteiger partial charge in [-0.15, -0.1) is 0 Å². The maximum absolute atomic E-state index is 12.3. The zero-order valence-electron chi connectivity index (χ0n) is 14.1. The summed E-state index contributed by atoms with van der Waals surface area (Å²) in [6, 6.07) is 7.51. The van der Waals surface area contributed by atoms with Gasteiger partial charge >= 0.3 is 6.03 Å². The Labute approximate surface area is 142 Å². The van der Waals surface area contributed by atoms with Crippen molar-refractivity contribution in [3.8, 4) is 0 Å². The van der Waals surface area contributed by atoms with Gasteiger partial charge in [0.1, 0.15) is 5.82 Å². The molecule has 0 saturated carbocycles. The number of para-hydroxylation sites is 2. The fourth-order valence-corrected chi connectivity index (χ4v) is 2.84. The maximum atomic E-state index is 12.3. The van der Waals surface area contributed by atoms with E-state index >= 15 is 0 Å². The predicted molar refractivity (Wildman–Crippen MR) is 95.3 cm³/mol. The van der Waals surface area contributed by atoms with Crippen molar-refractivity contribution in [2.24, 2.45) is 0 Å². The summed E-state index contributed by atoms with van der Waals surface area (Å²) in [5, 5.41) is 5.86. The molecule has 0 aliphatic carbocycles. The Balaban J connectivity index is 1.65. The number of carbonyl (C=O) groups excluding carboxylic acids is 1. The highest BCUT2D eigenvalue weighted by atomic mass is 16.2. The van der Waals surface area contributed by atoms with E-state index < -0.39 is 0 Å². The molecular weight excluding hydrogens is 304 g/mol. The second-order valence-corrected chi connectivity index (χ2v) is 6.10. The molecule has 128 valence electrons. The van der Waals surface area contributed by atoms with Crippen LogP contribution in [-0.4, -0.2) is 54.1 Å². The van der Waals surface area contributed by atoms with Crippen molar-refractivity contribution in [3.05, 3.63) is 42.5 Å². The number of piperazine rings is 1. The van der Waals surface area contributed by atoms with E-state index in [-0.39, 0.29) is 12.1 Å². The second-order valence-electron chi connectivity index (χ2n) is 6.10. The van der Waals surface area contributed by atoms with Crippen LogP contribution in [0.2, 0.25) is 0 Å². The summed E-state index contributed by atoms with van der Waals surface area (Å²) >= 11 is 0. The normalized spacial score (nSPS) is 16.7. The molecular formula is C17H24N6O. The van der Waals surface area contributed by atoms with E-state index in [1.807, 2.05) is 25.1 Å². The van der Waals surface area contributed by atoms with Crippen LogP contribution in [-0.2, 0) is 0 Å². The lowest BCUT2D eigenvalue weighted by Crippen LogP contribution is -2.44. The first kappa shape index (κ1) is 16.3. The highest BCUT2D eigenvalue weighted by Crippen LogP contribution is 2.26. The topological polar surface area (TPSA) is 76.3 Å². The van der Waals surface area contributed by atoms with Crippen LogP contribution in [0.15, 0.2) is 36.7 Å². The molecule has 1 aromatic carbocycles. The van der Waals surface area contributed by atoms with Crippen molar-refractivity contribution < 1.29 is 4.79 Å². The number of amides is 2. The van der Waals surface area contributed by atoms with Crippen LogP contribution >= 0.6 is 0 Å². The van der Waals surface area contributed by atoms with Gasteiger partial charge in [-0.25, -0.2) is 9.78 Å². The number of aromatic nitrogens is 2. The van der Waals surface area contributed by atoms with E-state index in [0.29, 0.717) is 0 Å². The minimum Gasteiger partial charge on any atom is -0.367 e. The molecule has 0 unspecified atom stereocenters. The first-order chi connectivity index (χ1) is 11.6. The number of aromatic amines is 1. The van der Waals surface area contributed by atoms with Gasteiger partial charge in [-0.05, 0) is 26.1 Å². The Morgan fingerprint density at radius 3 is 2.71 bits per heavy atom. The Morgan fingerprint density at radius 2 is 2.00 bits per heavy atom. The Hall–Kier alpha value is -2.54. The number of hydrogen-bond acceptors (Lipinski definition) is 4. The number of likely N-dealkylation sites (N-methyl/N-ethyl adjacent to an activating group) is 1. The van der Waals surface area contributed by atoms with Gasteiger partial charge in [0.2, 0.25) is 0 Å². The highest BCUT2D eigenvalue weighted by molar-refractivity contribution is 5.93. The number of urea groups is 1. The van der Waals surface area contributed by atoms with Crippen molar-refractivity contribution in [2.45, 2.75) is 13.0 Å². The van der Waals surface area contributed by atoms with Crippen LogP contribution in [0.5, 0.6) is 0 Å². The van der Waals surface area contributed by atoms with Gasteiger partial charge in [0.05, 0.1) is 17.4 Å². The molecule has 0 radical (unpaired) electrons. The molecule has 1 atom stereocenters. The smallest absolute Gasteiger partial charge is 0.319 e. The zero-order valence-corrected chi connectivity index (χ0v) is 14.1. The largest absolute Gasteiger partial charge is 0.367 e. The van der Waals surface area contributed by atoms with E-state index in [0.717, 1.165) is 43.4 Å². The van der Waals surface area contributed by atoms with Crippen LogP contribution in [0.25, 0.3) is 0 Å². The van der Waals surface area contributed by atoms with Crippen molar-refractivity contribution in [1.82, 2.24) is 20.2 Å². The lowest BCUT2D eigenvalue weighted by molar-refractivity contribution is 0.249. The summed E-state index contributed by atoms with van der Waals surface area (Å²) in [6.07, 6.45) is 3.42. The van der Waals surface area contributed by atoms with Gasteiger partial charge in [0.25, 0.3) is 0 Å². The van der Waals surface area contributed by atoms with Crippen molar-refractivity contribution in [1.29, 1.82) is 0 Å². The number of carbonyl (C=O) groups is 1. The standard InChI is InChI=1S/C17H24N6O/c1-13(16-18-7-8-19-16)20-17(24)21-14-5-3-4-6-15(14)23-11-9-22(2)10-12-23/h3-8,13H,9-12H2,1-2H3,(H,18,19)(H2,20,21,24)/t13-/m1/s1. The Morgan fingerprint density at radius 1 is 1.25 bits per heavy atom. The number of rotatable bonds is 4. The van der Waals surface area contributed by atoms with E-state index in [1.165, 1.54) is 0 Å². The van der Waals surface area contributed by atoms with Gasteiger partial charge < -0.3 is 25.4 Å². The molecule has 1 aromatic heterocycles. The van der Waals surface area contributed by atoms with Gasteiger partial charge in [0.15, 0.2) is 0 Å². The number of nitrogens with zero attached hydrogens (tertiary/aromatic N) is 3. The fourth-order valence-electron chi connectivity index (χ4n) is 2.84. The number of H-pyrrole nitrogens is 1. The molecule has 7 heteroatoms. The number of anilines is 2. The molecule has 24 heavy (non-hydrogen) atoms. The average Bonchev–Trinajstić information content (AvgIpc) is 3.11. The van der Waals surface area contributed by atoms with Crippen LogP contribution in [0, 0.1) is 0 Å². The minimum atomic E-state index is -0.236. The number of benzene rings is 1. The summed E-state index contributed by atoms with van der Waals surface area (Å²) < 4.78 is 0. The number of imidazole rings is 1. The molecule has 2 heterocycles. The third-order valence-electron chi connectivity index (χ3n) is 4.27. The van der Waals surface area contributed by atoms with E-state index in [4.69, 9.17) is 0 Å². The van der Waals surface area contributed by atoms with Gasteiger partial charge in [0, 0.05) is 38.6 Å². The van der Waals surface area contributed by atoms with E-state index in [9.17, 15) is 4.79 Å². The first-order valence-electron chi connectivity index (χ1n) is 8.23. The Kier molecular flexibility index (Phi) is 5.00. The molecule has 1 aliphatic heterocycles. The molecule has 1 aliphatic rings. The maximum Gasteiger partial charge on any atom is 0.319 e. The summed E-state index contributed by atoms with van der Waals surface area (Å²) in [4.78, 5) is 24.1. The van der Waals surface area contributed by atoms with Crippen LogP contribution < -0.4 is 15.5 Å². The SMILES string of the molecule is C[C@@H](NC(=O)Nc1ccccc1N1CCN(C)CC1)c1ncc[nH]1. The molecule has 3 N–H and O–H groups in total. The molecule has 1 fully saturated rings. The minimum absolute atomic E-state index is 0.184. The van der Waals surface area contributed by atoms with Gasteiger partial charge in [-0.3, -0.25) is 0 Å². The highest BCUT2D eigenvalue weighted by Gasteiger charge is 2.18. The van der Waals surface area contributed by atoms with Crippen LogP contribution in [0.3, 0.4) is 0 Å². The summed E-state index contributed by atoms with van der Waals surface area (Å²) in [5.74, 6) is 0.734. The predicted octanol–water partition coefficient (Wildman–Crippen LogP) is 2.04. The quantitative estimate of drug-likeness (QED) is 0.803. The average molecular weight is 328 g/mol. The first-order valence-corrected chi connectivity index (χ1v) is 8.23. The third-order valence-corrected chi connectivity index (χ3v) is 4.27. The van der Waals surface area contributed by atoms with Crippen molar-refractivity contribution >= 4 is 17.4 Å². The van der Waals surface area contributed by atoms with Gasteiger partial charge in [-0.2, -0.15) is 0 Å². The molecule has 2 amide bonds. The second kappa shape index (κ2) is 7.35. The molecule has 2 aromatic rings. The fraction of sp³-hybridized carbons (Fsp3) is 0.412. The summed E-state index contributed by atoms with van der Waals surface area (Å²) in [6.45, 7) is 5.86. The van der Waals surface area contributed by atoms with E-state index in [2.05, 4.69) is 43.5 Å². The lowest BCUT2D eigenvalue weighted by Gasteiger charge is -2.35. The third kappa shape index (κ3) is 3.86. The molecule has 7 nitrogen and oxygen atoms in total. The zero-order chi connectivity index (χ0) is 16.9. The Bertz CT molecular complexity index is 663. The number of nitrogens with one attached hydrogen (secondary N) is 3. The molecule has 0 bridgehead atoms. The van der Waals surface area contributed by atoms with Crippen LogP contribution in [0.4, 0.5) is 16.2 Å². The van der Waals surface area contributed by atoms with Crippen molar-refractivity contribution in [2.75, 3.05) is 43.4 Å². The molecule has 1 saturated heterocycles. The van der Waals surface area contributed by atoms with E-state index in [1.54, 1.807) is 12.4 Å². The molecule has 3 rings (SSSR count). The lowest BCUT2D eigenvalue weighted by atomic mass is 10.2. The van der Waals surface area contributed by atoms with Crippen molar-refractivity contribution in [3.63, 3.8) is 0 Å². The van der Waals surface area contributed by atoms with Crippen LogP contribution in [0.1, 0.15) is 18.8 Å². The summed E-state index contributed by atoms with van der Waals surface area (Å²) in [7, 11) is 2.13. The summed E-state index contributed by atoms with van der Waals surface area (Å²) in [5.41, 5.74) is 1.89. The molecule has 0 spiro atoms.